The van der Waals surface area contributed by atoms with Crippen LogP contribution >= 0.6 is 31.9 Å². The number of esters is 1. The molecule has 2 aromatic heterocycles. The molecule has 2 saturated heterocycles. The lowest BCUT2D eigenvalue weighted by atomic mass is 9.95. The Bertz CT molecular complexity index is 2090. The summed E-state index contributed by atoms with van der Waals surface area (Å²) in [4.78, 5) is 43.5. The van der Waals surface area contributed by atoms with Crippen LogP contribution in [0.3, 0.4) is 0 Å². The van der Waals surface area contributed by atoms with E-state index in [2.05, 4.69) is 94.8 Å². The highest BCUT2D eigenvalue weighted by molar-refractivity contribution is 9.10. The standard InChI is InChI=1S/C21H22BrN3O2.C20H20BrN3O2/c1-24-7-9-25(10-8-24)20-16-6-4-3-5-14(16)11-18(21(26)27-2)17-12-15(22)13-23-19(17)20;1-23-6-8-24(9-7-23)19-15-5-3-2-4-13(15)10-17(20(25)26)16-11-14(21)12-22-18(16)19/h3-6,11-13,20H,7-10H2,1-2H3;2-5,10-12,19H,6-9H2,1H3,(H,25,26). The van der Waals surface area contributed by atoms with Crippen molar-refractivity contribution in [1.82, 2.24) is 29.6 Å². The number of aromatic nitrogens is 2. The highest BCUT2D eigenvalue weighted by atomic mass is 79.9. The number of benzene rings is 2. The summed E-state index contributed by atoms with van der Waals surface area (Å²) in [6, 6.07) is 20.1. The number of rotatable bonds is 4. The third-order valence-corrected chi connectivity index (χ3v) is 11.4. The lowest BCUT2D eigenvalue weighted by molar-refractivity contribution is -0.133. The van der Waals surface area contributed by atoms with Gasteiger partial charge in [0.2, 0.25) is 0 Å². The van der Waals surface area contributed by atoms with E-state index in [9.17, 15) is 14.7 Å². The Morgan fingerprint density at radius 3 is 1.53 bits per heavy atom. The average molecular weight is 843 g/mol. The predicted octanol–water partition coefficient (Wildman–Crippen LogP) is 6.33. The van der Waals surface area contributed by atoms with Crippen molar-refractivity contribution in [3.63, 3.8) is 0 Å². The third kappa shape index (κ3) is 7.80. The molecule has 274 valence electrons. The highest BCUT2D eigenvalue weighted by Crippen LogP contribution is 2.42. The SMILES string of the molecule is CN1CCN(C2c3ccccc3C=C(C(=O)O)c3cc(Br)cnc32)CC1.COC(=O)C1=Cc2ccccc2C(N2CCN(C)CC2)c2ncc(Br)cc21. The fourth-order valence-electron chi connectivity index (χ4n) is 7.67. The van der Waals surface area contributed by atoms with Crippen molar-refractivity contribution in [2.45, 2.75) is 12.1 Å². The second-order valence-corrected chi connectivity index (χ2v) is 15.7. The first-order valence-corrected chi connectivity index (χ1v) is 19.3. The zero-order valence-corrected chi connectivity index (χ0v) is 33.2. The Labute approximate surface area is 327 Å². The van der Waals surface area contributed by atoms with Gasteiger partial charge in [-0.25, -0.2) is 9.59 Å². The fourth-order valence-corrected chi connectivity index (χ4v) is 8.33. The van der Waals surface area contributed by atoms with Crippen LogP contribution < -0.4 is 0 Å². The lowest BCUT2D eigenvalue weighted by Gasteiger charge is -2.38. The largest absolute Gasteiger partial charge is 0.478 e. The van der Waals surface area contributed by atoms with Crippen molar-refractivity contribution in [3.05, 3.63) is 127 Å². The van der Waals surface area contributed by atoms with Gasteiger partial charge in [0.1, 0.15) is 0 Å². The molecule has 0 bridgehead atoms. The molecule has 12 heteroatoms. The zero-order valence-electron chi connectivity index (χ0n) is 30.0. The second-order valence-electron chi connectivity index (χ2n) is 13.8. The number of pyridine rings is 2. The minimum absolute atomic E-state index is 0.0106. The van der Waals surface area contributed by atoms with Crippen molar-refractivity contribution < 1.29 is 19.4 Å². The number of likely N-dealkylation sites (N-methyl/N-ethyl adjacent to an activating group) is 2. The van der Waals surface area contributed by atoms with Crippen LogP contribution in [0.1, 0.15) is 56.9 Å². The maximum Gasteiger partial charge on any atom is 0.338 e. The van der Waals surface area contributed by atoms with Gasteiger partial charge < -0.3 is 19.6 Å². The van der Waals surface area contributed by atoms with Crippen LogP contribution in [0.25, 0.3) is 23.3 Å². The minimum atomic E-state index is -0.931. The number of ether oxygens (including phenoxy) is 1. The third-order valence-electron chi connectivity index (χ3n) is 10.5. The number of nitrogens with zero attached hydrogens (tertiary/aromatic N) is 6. The van der Waals surface area contributed by atoms with Crippen molar-refractivity contribution in [1.29, 1.82) is 0 Å². The van der Waals surface area contributed by atoms with Gasteiger partial charge in [-0.15, -0.1) is 0 Å². The van der Waals surface area contributed by atoms with E-state index in [1.165, 1.54) is 12.7 Å². The number of methoxy groups -OCH3 is 1. The molecule has 4 aromatic rings. The molecule has 2 aliphatic heterocycles. The number of carboxylic acids is 1. The lowest BCUT2D eigenvalue weighted by Crippen LogP contribution is -2.46. The Hall–Kier alpha value is -4.04. The summed E-state index contributed by atoms with van der Waals surface area (Å²) in [7, 11) is 5.70. The van der Waals surface area contributed by atoms with Gasteiger partial charge in [-0.05, 0) is 92.5 Å². The van der Waals surface area contributed by atoms with E-state index in [0.717, 1.165) is 94.9 Å². The van der Waals surface area contributed by atoms with Gasteiger partial charge in [-0.3, -0.25) is 19.8 Å². The van der Waals surface area contributed by atoms with Gasteiger partial charge in [-0.2, -0.15) is 0 Å². The van der Waals surface area contributed by atoms with Crippen LogP contribution in [-0.4, -0.2) is 120 Å². The predicted molar refractivity (Wildman–Crippen MR) is 214 cm³/mol. The summed E-state index contributed by atoms with van der Waals surface area (Å²) in [6.45, 7) is 7.78. The highest BCUT2D eigenvalue weighted by Gasteiger charge is 2.35. The molecule has 4 aliphatic rings. The maximum atomic E-state index is 12.6. The topological polar surface area (TPSA) is 102 Å². The number of carbonyl (C=O) groups is 2. The first-order chi connectivity index (χ1) is 25.6. The molecule has 0 amide bonds. The fraction of sp³-hybridized carbons (Fsp3) is 0.317. The van der Waals surface area contributed by atoms with Gasteiger partial charge in [0.25, 0.3) is 0 Å². The molecule has 0 spiro atoms. The Morgan fingerprint density at radius 1 is 0.679 bits per heavy atom. The van der Waals surface area contributed by atoms with Crippen LogP contribution in [0.5, 0.6) is 0 Å². The molecule has 8 rings (SSSR count). The van der Waals surface area contributed by atoms with Crippen LogP contribution in [0.4, 0.5) is 0 Å². The molecule has 53 heavy (non-hydrogen) atoms. The second kappa shape index (κ2) is 16.1. The van der Waals surface area contributed by atoms with Crippen molar-refractivity contribution in [2.75, 3.05) is 73.6 Å². The van der Waals surface area contributed by atoms with E-state index in [-0.39, 0.29) is 23.6 Å². The smallest absolute Gasteiger partial charge is 0.338 e. The maximum absolute atomic E-state index is 12.6. The number of halogens is 2. The number of carboxylic acid groups (broad SMARTS) is 1. The van der Waals surface area contributed by atoms with Gasteiger partial charge in [0, 0.05) is 84.8 Å². The Balaban J connectivity index is 0.000000164. The van der Waals surface area contributed by atoms with E-state index in [4.69, 9.17) is 9.72 Å². The molecule has 4 heterocycles. The summed E-state index contributed by atoms with van der Waals surface area (Å²) in [5.41, 5.74) is 8.35. The van der Waals surface area contributed by atoms with E-state index >= 15 is 0 Å². The first kappa shape index (κ1) is 37.3. The number of hydrogen-bond donors (Lipinski definition) is 1. The molecular formula is C41H42Br2N6O4. The van der Waals surface area contributed by atoms with E-state index in [1.807, 2.05) is 48.7 Å². The van der Waals surface area contributed by atoms with Crippen molar-refractivity contribution >= 4 is 67.1 Å². The van der Waals surface area contributed by atoms with E-state index < -0.39 is 5.97 Å². The Kier molecular flexibility index (Phi) is 11.4. The summed E-state index contributed by atoms with van der Waals surface area (Å²) >= 11 is 6.96. The summed E-state index contributed by atoms with van der Waals surface area (Å²) in [5, 5.41) is 9.83. The molecule has 2 atom stereocenters. The van der Waals surface area contributed by atoms with Crippen LogP contribution in [0.2, 0.25) is 0 Å². The molecule has 2 fully saturated rings. The van der Waals surface area contributed by atoms with Gasteiger partial charge >= 0.3 is 11.9 Å². The summed E-state index contributed by atoms with van der Waals surface area (Å²) in [6.07, 6.45) is 7.28. The summed E-state index contributed by atoms with van der Waals surface area (Å²) < 4.78 is 6.71. The molecular weight excluding hydrogens is 800 g/mol. The van der Waals surface area contributed by atoms with Gasteiger partial charge in [-0.1, -0.05) is 48.5 Å². The van der Waals surface area contributed by atoms with Crippen LogP contribution in [0, 0.1) is 0 Å². The monoisotopic (exact) mass is 840 g/mol. The molecule has 1 N–H and O–H groups in total. The van der Waals surface area contributed by atoms with Gasteiger partial charge in [0.15, 0.2) is 0 Å². The average Bonchev–Trinajstić information content (AvgIpc) is 3.40. The molecule has 0 radical (unpaired) electrons. The normalized spacial score (nSPS) is 20.5. The molecule has 2 aliphatic carbocycles. The zero-order chi connectivity index (χ0) is 37.2. The van der Waals surface area contributed by atoms with Crippen LogP contribution in [0.15, 0.2) is 82.0 Å². The van der Waals surface area contributed by atoms with Crippen molar-refractivity contribution in [3.8, 4) is 0 Å². The number of hydrogen-bond acceptors (Lipinski definition) is 9. The summed E-state index contributed by atoms with van der Waals surface area (Å²) in [5.74, 6) is -1.27. The van der Waals surface area contributed by atoms with E-state index in [0.29, 0.717) is 11.1 Å². The van der Waals surface area contributed by atoms with Gasteiger partial charge in [0.05, 0.1) is 41.7 Å². The van der Waals surface area contributed by atoms with E-state index in [1.54, 1.807) is 12.3 Å². The first-order valence-electron chi connectivity index (χ1n) is 17.7. The molecule has 2 unspecified atom stereocenters. The molecule has 2 aromatic carbocycles. The minimum Gasteiger partial charge on any atom is -0.478 e. The van der Waals surface area contributed by atoms with Crippen LogP contribution in [-0.2, 0) is 14.3 Å². The number of carbonyl (C=O) groups excluding carboxylic acids is 1. The number of fused-ring (bicyclic) bond motifs is 4. The molecule has 10 nitrogen and oxygen atoms in total. The quantitative estimate of drug-likeness (QED) is 0.235. The van der Waals surface area contributed by atoms with Crippen molar-refractivity contribution in [2.24, 2.45) is 0 Å². The number of piperazine rings is 2. The Morgan fingerprint density at radius 2 is 1.09 bits per heavy atom. The number of aliphatic carboxylic acids is 1. The molecule has 0 saturated carbocycles.